The molecule has 1 N–H and O–H groups in total. The minimum absolute atomic E-state index is 0.233. The highest BCUT2D eigenvalue weighted by Crippen LogP contribution is 2.31. The molecule has 28 heavy (non-hydrogen) atoms. The third-order valence-electron chi connectivity index (χ3n) is 5.02. The van der Waals surface area contributed by atoms with Crippen LogP contribution in [-0.4, -0.2) is 31.4 Å². The fraction of sp³-hybridized carbons (Fsp3) is 0.318. The lowest BCUT2D eigenvalue weighted by Crippen LogP contribution is -2.49. The molecule has 2 amide bonds. The largest absolute Gasteiger partial charge is 0.465 e. The van der Waals surface area contributed by atoms with Crippen LogP contribution in [0.3, 0.4) is 0 Å². The van der Waals surface area contributed by atoms with Gasteiger partial charge in [0.05, 0.1) is 12.7 Å². The number of hydrogen-bond acceptors (Lipinski definition) is 4. The molecule has 6 nitrogen and oxygen atoms in total. The number of anilines is 2. The van der Waals surface area contributed by atoms with Gasteiger partial charge in [-0.2, -0.15) is 0 Å². The number of rotatable bonds is 4. The Hall–Kier alpha value is -3.15. The number of benzene rings is 2. The highest BCUT2D eigenvalue weighted by molar-refractivity contribution is 6.15. The molecule has 0 aliphatic carbocycles. The first-order chi connectivity index (χ1) is 13.3. The maximum absolute atomic E-state index is 13.2. The molecular formula is C22H24N2O4. The first kappa shape index (κ1) is 19.6. The maximum atomic E-state index is 13.2. The average molecular weight is 380 g/mol. The number of methoxy groups -OCH3 is 1. The van der Waals surface area contributed by atoms with Gasteiger partial charge in [-0.15, -0.1) is 0 Å². The van der Waals surface area contributed by atoms with Crippen LogP contribution >= 0.6 is 0 Å². The Kier molecular flexibility index (Phi) is 5.49. The number of ether oxygens (including phenoxy) is 1. The van der Waals surface area contributed by atoms with Gasteiger partial charge in [-0.3, -0.25) is 9.59 Å². The summed E-state index contributed by atoms with van der Waals surface area (Å²) in [6.07, 6.45) is 1.80. The van der Waals surface area contributed by atoms with Crippen molar-refractivity contribution in [1.29, 1.82) is 0 Å². The topological polar surface area (TPSA) is 75.7 Å². The SMILES string of the molecule is COC(=O)c1ccc(NC(=O)C(C)(C)C(=O)N2CCCc3ccccc32)cc1. The minimum Gasteiger partial charge on any atom is -0.465 e. The van der Waals surface area contributed by atoms with E-state index in [0.717, 1.165) is 24.1 Å². The fourth-order valence-electron chi connectivity index (χ4n) is 3.27. The predicted octanol–water partition coefficient (Wildman–Crippen LogP) is 3.42. The van der Waals surface area contributed by atoms with Gasteiger partial charge in [-0.05, 0) is 62.6 Å². The fourth-order valence-corrected chi connectivity index (χ4v) is 3.27. The van der Waals surface area contributed by atoms with E-state index in [1.54, 1.807) is 43.0 Å². The van der Waals surface area contributed by atoms with Gasteiger partial charge >= 0.3 is 5.97 Å². The molecule has 0 radical (unpaired) electrons. The van der Waals surface area contributed by atoms with E-state index in [0.29, 0.717) is 17.8 Å². The van der Waals surface area contributed by atoms with E-state index in [1.807, 2.05) is 24.3 Å². The quantitative estimate of drug-likeness (QED) is 0.651. The second-order valence-corrected chi connectivity index (χ2v) is 7.34. The summed E-state index contributed by atoms with van der Waals surface area (Å²) in [5.41, 5.74) is 1.66. The lowest BCUT2D eigenvalue weighted by molar-refractivity contribution is -0.136. The third-order valence-corrected chi connectivity index (χ3v) is 5.02. The molecule has 0 saturated carbocycles. The van der Waals surface area contributed by atoms with Crippen LogP contribution in [0.5, 0.6) is 0 Å². The molecular weight excluding hydrogens is 356 g/mol. The zero-order valence-corrected chi connectivity index (χ0v) is 16.3. The van der Waals surface area contributed by atoms with E-state index in [1.165, 1.54) is 7.11 Å². The zero-order valence-electron chi connectivity index (χ0n) is 16.3. The number of carbonyl (C=O) groups excluding carboxylic acids is 3. The summed E-state index contributed by atoms with van der Waals surface area (Å²) in [5.74, 6) is -1.08. The molecule has 1 aliphatic heterocycles. The van der Waals surface area contributed by atoms with Crippen LogP contribution in [0.2, 0.25) is 0 Å². The van der Waals surface area contributed by atoms with E-state index in [-0.39, 0.29) is 5.91 Å². The number of nitrogens with one attached hydrogen (secondary N) is 1. The predicted molar refractivity (Wildman–Crippen MR) is 107 cm³/mol. The molecule has 0 aromatic heterocycles. The summed E-state index contributed by atoms with van der Waals surface area (Å²) in [6.45, 7) is 3.86. The summed E-state index contributed by atoms with van der Waals surface area (Å²) in [4.78, 5) is 39.3. The minimum atomic E-state index is -1.24. The standard InChI is InChI=1S/C22H24N2O4/c1-22(2,20(26)23-17-12-10-16(11-13-17)19(25)28-3)21(27)24-14-6-8-15-7-4-5-9-18(15)24/h4-5,7,9-13H,6,8,14H2,1-3H3,(H,23,26). The summed E-state index contributed by atoms with van der Waals surface area (Å²) < 4.78 is 4.66. The van der Waals surface area contributed by atoms with Crippen LogP contribution in [0.15, 0.2) is 48.5 Å². The molecule has 0 atom stereocenters. The second-order valence-electron chi connectivity index (χ2n) is 7.34. The molecule has 2 aromatic carbocycles. The summed E-state index contributed by atoms with van der Waals surface area (Å²) >= 11 is 0. The van der Waals surface area contributed by atoms with Gasteiger partial charge in [0.25, 0.3) is 0 Å². The Labute approximate surface area is 164 Å². The highest BCUT2D eigenvalue weighted by atomic mass is 16.5. The lowest BCUT2D eigenvalue weighted by Gasteiger charge is -2.35. The molecule has 0 spiro atoms. The van der Waals surface area contributed by atoms with Crippen LogP contribution in [0.1, 0.15) is 36.2 Å². The van der Waals surface area contributed by atoms with E-state index in [2.05, 4.69) is 10.1 Å². The zero-order chi connectivity index (χ0) is 20.3. The van der Waals surface area contributed by atoms with Gasteiger partial charge in [-0.25, -0.2) is 4.79 Å². The molecule has 1 heterocycles. The Balaban J connectivity index is 1.76. The number of hydrogen-bond donors (Lipinski definition) is 1. The molecule has 0 fully saturated rings. The van der Waals surface area contributed by atoms with Gasteiger partial charge < -0.3 is 15.0 Å². The van der Waals surface area contributed by atoms with Gasteiger partial charge in [0.1, 0.15) is 5.41 Å². The van der Waals surface area contributed by atoms with Crippen molar-refractivity contribution in [2.75, 3.05) is 23.9 Å². The Morgan fingerprint density at radius 2 is 1.71 bits per heavy atom. The van der Waals surface area contributed by atoms with Gasteiger partial charge in [-0.1, -0.05) is 18.2 Å². The van der Waals surface area contributed by atoms with Crippen molar-refractivity contribution in [3.05, 3.63) is 59.7 Å². The molecule has 3 rings (SSSR count). The van der Waals surface area contributed by atoms with Crippen LogP contribution in [0.4, 0.5) is 11.4 Å². The van der Waals surface area contributed by atoms with Crippen molar-refractivity contribution < 1.29 is 19.1 Å². The van der Waals surface area contributed by atoms with Crippen molar-refractivity contribution >= 4 is 29.2 Å². The van der Waals surface area contributed by atoms with Crippen LogP contribution in [-0.2, 0) is 20.7 Å². The van der Waals surface area contributed by atoms with E-state index < -0.39 is 17.3 Å². The lowest BCUT2D eigenvalue weighted by atomic mass is 9.88. The van der Waals surface area contributed by atoms with Gasteiger partial charge in [0, 0.05) is 17.9 Å². The number of carbonyl (C=O) groups is 3. The van der Waals surface area contributed by atoms with E-state index in [4.69, 9.17) is 0 Å². The number of amides is 2. The molecule has 1 aliphatic rings. The summed E-state index contributed by atoms with van der Waals surface area (Å²) in [7, 11) is 1.31. The monoisotopic (exact) mass is 380 g/mol. The van der Waals surface area contributed by atoms with Crippen LogP contribution in [0, 0.1) is 5.41 Å². The van der Waals surface area contributed by atoms with Crippen LogP contribution in [0.25, 0.3) is 0 Å². The number of nitrogens with zero attached hydrogens (tertiary/aromatic N) is 1. The molecule has 0 unspecified atom stereocenters. The first-order valence-electron chi connectivity index (χ1n) is 9.24. The first-order valence-corrected chi connectivity index (χ1v) is 9.24. The Morgan fingerprint density at radius 1 is 1.04 bits per heavy atom. The molecule has 146 valence electrons. The number of aryl methyl sites for hydroxylation is 1. The third kappa shape index (κ3) is 3.76. The van der Waals surface area contributed by atoms with Crippen molar-refractivity contribution in [3.8, 4) is 0 Å². The number of fused-ring (bicyclic) bond motifs is 1. The van der Waals surface area contributed by atoms with E-state index in [9.17, 15) is 14.4 Å². The molecule has 0 saturated heterocycles. The number of para-hydroxylation sites is 1. The summed E-state index contributed by atoms with van der Waals surface area (Å²) in [5, 5.41) is 2.77. The van der Waals surface area contributed by atoms with Gasteiger partial charge in [0.2, 0.25) is 11.8 Å². The van der Waals surface area contributed by atoms with Crippen molar-refractivity contribution in [2.24, 2.45) is 5.41 Å². The normalized spacial score (nSPS) is 13.5. The Bertz CT molecular complexity index is 903. The summed E-state index contributed by atoms with van der Waals surface area (Å²) in [6, 6.07) is 14.2. The Morgan fingerprint density at radius 3 is 2.39 bits per heavy atom. The van der Waals surface area contributed by atoms with Crippen LogP contribution < -0.4 is 10.2 Å². The van der Waals surface area contributed by atoms with Crippen molar-refractivity contribution in [2.45, 2.75) is 26.7 Å². The smallest absolute Gasteiger partial charge is 0.337 e. The van der Waals surface area contributed by atoms with Gasteiger partial charge in [0.15, 0.2) is 0 Å². The molecule has 2 aromatic rings. The van der Waals surface area contributed by atoms with Crippen molar-refractivity contribution in [1.82, 2.24) is 0 Å². The highest BCUT2D eigenvalue weighted by Gasteiger charge is 2.40. The average Bonchev–Trinajstić information content (AvgIpc) is 2.72. The maximum Gasteiger partial charge on any atom is 0.337 e. The molecule has 6 heteroatoms. The molecule has 0 bridgehead atoms. The second kappa shape index (κ2) is 7.84. The number of esters is 1. The van der Waals surface area contributed by atoms with E-state index >= 15 is 0 Å². The van der Waals surface area contributed by atoms with Crippen molar-refractivity contribution in [3.63, 3.8) is 0 Å².